The molecule has 0 bridgehead atoms. The third-order valence-electron chi connectivity index (χ3n) is 5.95. The van der Waals surface area contributed by atoms with Gasteiger partial charge in [-0.25, -0.2) is 0 Å². The molecule has 0 N–H and O–H groups in total. The molecular weight excluding hydrogens is 290 g/mol. The lowest BCUT2D eigenvalue weighted by Crippen LogP contribution is -2.52. The van der Waals surface area contributed by atoms with Crippen LogP contribution in [0.25, 0.3) is 0 Å². The minimum absolute atomic E-state index is 1.29. The molecule has 0 radical (unpaired) electrons. The third-order valence-corrected chi connectivity index (χ3v) is 5.95. The molecule has 0 aliphatic carbocycles. The minimum atomic E-state index is 1.29. The minimum Gasteiger partial charge on any atom is -0.320 e. The van der Waals surface area contributed by atoms with Gasteiger partial charge in [-0.15, -0.1) is 0 Å². The lowest BCUT2D eigenvalue weighted by Gasteiger charge is -2.42. The fourth-order valence-electron chi connectivity index (χ4n) is 4.35. The van der Waals surface area contributed by atoms with E-state index in [0.717, 1.165) is 0 Å². The Labute approximate surface area is 151 Å². The second kappa shape index (κ2) is 10.9. The molecule has 0 unspecified atom stereocenters. The molecule has 1 aromatic carbocycles. The number of hydrogen-bond donors (Lipinski definition) is 0. The van der Waals surface area contributed by atoms with Crippen LogP contribution in [0.5, 0.6) is 0 Å². The zero-order valence-electron chi connectivity index (χ0n) is 16.4. The normalized spacial score (nSPS) is 16.1. The molecule has 136 valence electrons. The van der Waals surface area contributed by atoms with Crippen molar-refractivity contribution >= 4 is 0 Å². The van der Waals surface area contributed by atoms with Crippen molar-refractivity contribution in [2.24, 2.45) is 0 Å². The van der Waals surface area contributed by atoms with Gasteiger partial charge in [0, 0.05) is 12.0 Å². The topological polar surface area (TPSA) is 0 Å². The largest absolute Gasteiger partial charge is 0.320 e. The lowest BCUT2D eigenvalue weighted by atomic mass is 9.96. The fourth-order valence-corrected chi connectivity index (χ4v) is 4.35. The van der Waals surface area contributed by atoms with Gasteiger partial charge in [0.15, 0.2) is 0 Å². The smallest absolute Gasteiger partial charge is 0.105 e. The van der Waals surface area contributed by atoms with Gasteiger partial charge < -0.3 is 4.48 Å². The van der Waals surface area contributed by atoms with Gasteiger partial charge >= 0.3 is 0 Å². The van der Waals surface area contributed by atoms with Gasteiger partial charge in [-0.1, -0.05) is 76.6 Å². The monoisotopic (exact) mass is 330 g/mol. The maximum absolute atomic E-state index is 2.38. The number of hydrogen-bond acceptors (Lipinski definition) is 0. The van der Waals surface area contributed by atoms with Gasteiger partial charge in [0.2, 0.25) is 0 Å². The third kappa shape index (κ3) is 6.24. The standard InChI is InChI=1S/C23H40N/c1-3-5-7-9-13-18-24(19-14-10-8-6-4-2)20-17-22-15-11-12-16-23(22)21-24/h11-12,15-16H,3-10,13-14,17-21H2,1-2H3/q+1. The average Bonchev–Trinajstić information content (AvgIpc) is 2.61. The van der Waals surface area contributed by atoms with Crippen molar-refractivity contribution in [3.05, 3.63) is 35.4 Å². The highest BCUT2D eigenvalue weighted by atomic mass is 15.4. The Bertz CT molecular complexity index is 437. The molecule has 1 heterocycles. The summed E-state index contributed by atoms with van der Waals surface area (Å²) in [6.45, 7) is 10.1. The number of quaternary nitrogens is 1. The molecule has 2 rings (SSSR count). The van der Waals surface area contributed by atoms with E-state index in [1.807, 2.05) is 0 Å². The number of benzene rings is 1. The van der Waals surface area contributed by atoms with E-state index in [1.54, 1.807) is 11.1 Å². The first-order chi connectivity index (χ1) is 11.8. The zero-order valence-corrected chi connectivity index (χ0v) is 16.4. The van der Waals surface area contributed by atoms with E-state index in [0.29, 0.717) is 0 Å². The first kappa shape index (κ1) is 19.5. The summed E-state index contributed by atoms with van der Waals surface area (Å²) in [6.07, 6.45) is 15.4. The number of rotatable bonds is 12. The van der Waals surface area contributed by atoms with Gasteiger partial charge in [-0.3, -0.25) is 0 Å². The van der Waals surface area contributed by atoms with Crippen LogP contribution in [-0.4, -0.2) is 24.1 Å². The quantitative estimate of drug-likeness (QED) is 0.303. The Morgan fingerprint density at radius 2 is 1.25 bits per heavy atom. The van der Waals surface area contributed by atoms with E-state index in [4.69, 9.17) is 0 Å². The Morgan fingerprint density at radius 3 is 1.83 bits per heavy atom. The Kier molecular flexibility index (Phi) is 8.88. The summed E-state index contributed by atoms with van der Waals surface area (Å²) in [7, 11) is 0. The van der Waals surface area contributed by atoms with Gasteiger partial charge in [-0.05, 0) is 31.2 Å². The average molecular weight is 331 g/mol. The molecule has 0 saturated carbocycles. The van der Waals surface area contributed by atoms with Crippen LogP contribution in [0.15, 0.2) is 24.3 Å². The van der Waals surface area contributed by atoms with Gasteiger partial charge in [0.25, 0.3) is 0 Å². The van der Waals surface area contributed by atoms with Crippen LogP contribution >= 0.6 is 0 Å². The molecule has 0 fully saturated rings. The van der Waals surface area contributed by atoms with Crippen molar-refractivity contribution in [3.63, 3.8) is 0 Å². The molecule has 0 amide bonds. The highest BCUT2D eigenvalue weighted by Crippen LogP contribution is 2.27. The second-order valence-electron chi connectivity index (χ2n) is 8.02. The first-order valence-electron chi connectivity index (χ1n) is 10.7. The molecule has 24 heavy (non-hydrogen) atoms. The first-order valence-corrected chi connectivity index (χ1v) is 10.7. The Morgan fingerprint density at radius 1 is 0.708 bits per heavy atom. The summed E-state index contributed by atoms with van der Waals surface area (Å²) in [5.41, 5.74) is 3.24. The van der Waals surface area contributed by atoms with Crippen LogP contribution < -0.4 is 0 Å². The van der Waals surface area contributed by atoms with Gasteiger partial charge in [0.05, 0.1) is 19.6 Å². The highest BCUT2D eigenvalue weighted by molar-refractivity contribution is 5.27. The van der Waals surface area contributed by atoms with Crippen LogP contribution in [0.4, 0.5) is 0 Å². The molecule has 0 atom stereocenters. The summed E-state index contributed by atoms with van der Waals surface area (Å²) in [5, 5.41) is 0. The van der Waals surface area contributed by atoms with Crippen molar-refractivity contribution < 1.29 is 4.48 Å². The zero-order chi connectivity index (χ0) is 17.1. The van der Waals surface area contributed by atoms with Crippen molar-refractivity contribution in [1.29, 1.82) is 0 Å². The molecular formula is C23H40N+. The molecule has 1 aliphatic rings. The molecule has 1 aliphatic heterocycles. The van der Waals surface area contributed by atoms with Crippen molar-refractivity contribution in [1.82, 2.24) is 0 Å². The summed E-state index contributed by atoms with van der Waals surface area (Å²) in [5.74, 6) is 0. The van der Waals surface area contributed by atoms with E-state index in [2.05, 4.69) is 38.1 Å². The molecule has 1 heteroatoms. The van der Waals surface area contributed by atoms with Crippen molar-refractivity contribution in [3.8, 4) is 0 Å². The predicted octanol–water partition coefficient (Wildman–Crippen LogP) is 6.50. The Hall–Kier alpha value is -0.820. The maximum Gasteiger partial charge on any atom is 0.105 e. The van der Waals surface area contributed by atoms with Crippen molar-refractivity contribution in [2.75, 3.05) is 19.6 Å². The van der Waals surface area contributed by atoms with Crippen LogP contribution in [-0.2, 0) is 13.0 Å². The van der Waals surface area contributed by atoms with Gasteiger partial charge in [-0.2, -0.15) is 0 Å². The van der Waals surface area contributed by atoms with Gasteiger partial charge in [0.1, 0.15) is 6.54 Å². The van der Waals surface area contributed by atoms with E-state index in [-0.39, 0.29) is 0 Å². The SMILES string of the molecule is CCCCCCC[N+]1(CCCCCCC)CCc2ccccc2C1. The van der Waals surface area contributed by atoms with Crippen LogP contribution in [0.1, 0.15) is 89.2 Å². The molecule has 0 saturated heterocycles. The molecule has 0 aromatic heterocycles. The maximum atomic E-state index is 2.38. The van der Waals surface area contributed by atoms with E-state index in [1.165, 1.54) is 101 Å². The van der Waals surface area contributed by atoms with E-state index in [9.17, 15) is 0 Å². The molecule has 0 spiro atoms. The number of fused-ring (bicyclic) bond motifs is 1. The summed E-state index contributed by atoms with van der Waals surface area (Å²) in [4.78, 5) is 0. The molecule has 1 nitrogen and oxygen atoms in total. The summed E-state index contributed by atoms with van der Waals surface area (Å²) < 4.78 is 1.37. The van der Waals surface area contributed by atoms with Crippen LogP contribution in [0, 0.1) is 0 Å². The second-order valence-corrected chi connectivity index (χ2v) is 8.02. The predicted molar refractivity (Wildman–Crippen MR) is 106 cm³/mol. The fraction of sp³-hybridized carbons (Fsp3) is 0.739. The number of nitrogens with zero attached hydrogens (tertiary/aromatic N) is 1. The lowest BCUT2D eigenvalue weighted by molar-refractivity contribution is -0.943. The summed E-state index contributed by atoms with van der Waals surface area (Å²) >= 11 is 0. The van der Waals surface area contributed by atoms with Crippen LogP contribution in [0.3, 0.4) is 0 Å². The molecule has 1 aromatic rings. The van der Waals surface area contributed by atoms with Crippen LogP contribution in [0.2, 0.25) is 0 Å². The number of unbranched alkanes of at least 4 members (excludes halogenated alkanes) is 8. The van der Waals surface area contributed by atoms with E-state index < -0.39 is 0 Å². The summed E-state index contributed by atoms with van der Waals surface area (Å²) in [6, 6.07) is 9.19. The Balaban J connectivity index is 1.89. The highest BCUT2D eigenvalue weighted by Gasteiger charge is 2.31. The van der Waals surface area contributed by atoms with Crippen molar-refractivity contribution in [2.45, 2.75) is 91.0 Å². The van der Waals surface area contributed by atoms with E-state index >= 15 is 0 Å².